The van der Waals surface area contributed by atoms with Gasteiger partial charge in [-0.25, -0.2) is 13.8 Å². The van der Waals surface area contributed by atoms with E-state index in [0.29, 0.717) is 12.1 Å². The van der Waals surface area contributed by atoms with E-state index in [9.17, 15) is 8.78 Å². The van der Waals surface area contributed by atoms with Gasteiger partial charge in [0, 0.05) is 36.1 Å². The minimum atomic E-state index is -0.562. The van der Waals surface area contributed by atoms with Gasteiger partial charge in [0.1, 0.15) is 17.5 Å². The van der Waals surface area contributed by atoms with Crippen LogP contribution in [-0.2, 0) is 6.54 Å². The minimum absolute atomic E-state index is 0.200. The van der Waals surface area contributed by atoms with E-state index in [1.54, 1.807) is 6.20 Å². The molecule has 0 amide bonds. The first-order chi connectivity index (χ1) is 8.56. The third-order valence-corrected chi connectivity index (χ3v) is 2.78. The predicted octanol–water partition coefficient (Wildman–Crippen LogP) is 2.85. The molecule has 3 nitrogen and oxygen atoms in total. The zero-order valence-corrected chi connectivity index (χ0v) is 10.3. The van der Waals surface area contributed by atoms with Crippen LogP contribution in [0.15, 0.2) is 24.4 Å². The fraction of sp³-hybridized carbons (Fsp3) is 0.308. The van der Waals surface area contributed by atoms with E-state index in [1.807, 2.05) is 13.8 Å². The molecular weight excluding hydrogens is 236 g/mol. The highest BCUT2D eigenvalue weighted by molar-refractivity contribution is 5.21. The highest BCUT2D eigenvalue weighted by atomic mass is 19.1. The number of aromatic amines is 1. The van der Waals surface area contributed by atoms with Crippen LogP contribution >= 0.6 is 0 Å². The molecule has 0 radical (unpaired) electrons. The standard InChI is InChI=1S/C13H15F2N3/c1-8(12-4-3-10(14)5-13(12)15)16-6-11-7-17-9(2)18-11/h3-5,7-8,16H,6H2,1-2H3,(H,17,18). The summed E-state index contributed by atoms with van der Waals surface area (Å²) in [6.07, 6.45) is 1.73. The second-order valence-electron chi connectivity index (χ2n) is 4.26. The monoisotopic (exact) mass is 251 g/mol. The van der Waals surface area contributed by atoms with E-state index in [1.165, 1.54) is 12.1 Å². The van der Waals surface area contributed by atoms with Crippen molar-refractivity contribution >= 4 is 0 Å². The van der Waals surface area contributed by atoms with Gasteiger partial charge in [0.2, 0.25) is 0 Å². The van der Waals surface area contributed by atoms with Crippen LogP contribution in [0.2, 0.25) is 0 Å². The first-order valence-corrected chi connectivity index (χ1v) is 5.75. The highest BCUT2D eigenvalue weighted by Gasteiger charge is 2.11. The van der Waals surface area contributed by atoms with Gasteiger partial charge in [0.25, 0.3) is 0 Å². The van der Waals surface area contributed by atoms with Crippen LogP contribution < -0.4 is 5.32 Å². The number of rotatable bonds is 4. The van der Waals surface area contributed by atoms with E-state index in [0.717, 1.165) is 17.6 Å². The van der Waals surface area contributed by atoms with Crippen molar-refractivity contribution < 1.29 is 8.78 Å². The molecular formula is C13H15F2N3. The summed E-state index contributed by atoms with van der Waals surface area (Å²) in [5.74, 6) is -0.254. The fourth-order valence-electron chi connectivity index (χ4n) is 1.79. The summed E-state index contributed by atoms with van der Waals surface area (Å²) >= 11 is 0. The average molecular weight is 251 g/mol. The Bertz CT molecular complexity index is 537. The molecule has 1 atom stereocenters. The molecule has 0 bridgehead atoms. The van der Waals surface area contributed by atoms with Crippen molar-refractivity contribution in [2.45, 2.75) is 26.4 Å². The summed E-state index contributed by atoms with van der Waals surface area (Å²) in [4.78, 5) is 7.16. The molecule has 0 saturated heterocycles. The quantitative estimate of drug-likeness (QED) is 0.877. The molecule has 2 aromatic rings. The van der Waals surface area contributed by atoms with Crippen LogP contribution in [0.3, 0.4) is 0 Å². The van der Waals surface area contributed by atoms with Gasteiger partial charge in [-0.3, -0.25) is 0 Å². The van der Waals surface area contributed by atoms with Crippen LogP contribution in [0.25, 0.3) is 0 Å². The maximum absolute atomic E-state index is 13.5. The number of aromatic nitrogens is 2. The molecule has 5 heteroatoms. The lowest BCUT2D eigenvalue weighted by atomic mass is 10.1. The molecule has 0 aliphatic heterocycles. The molecule has 2 N–H and O–H groups in total. The number of aryl methyl sites for hydroxylation is 1. The number of imidazole rings is 1. The van der Waals surface area contributed by atoms with E-state index >= 15 is 0 Å². The van der Waals surface area contributed by atoms with Crippen LogP contribution in [0.4, 0.5) is 8.78 Å². The predicted molar refractivity (Wildman–Crippen MR) is 64.9 cm³/mol. The summed E-state index contributed by atoms with van der Waals surface area (Å²) in [5, 5.41) is 3.16. The van der Waals surface area contributed by atoms with Crippen molar-refractivity contribution in [2.75, 3.05) is 0 Å². The lowest BCUT2D eigenvalue weighted by Crippen LogP contribution is -2.19. The zero-order valence-electron chi connectivity index (χ0n) is 10.3. The molecule has 96 valence electrons. The Morgan fingerprint density at radius 3 is 2.78 bits per heavy atom. The lowest BCUT2D eigenvalue weighted by Gasteiger charge is -2.14. The Morgan fingerprint density at radius 1 is 1.39 bits per heavy atom. The van der Waals surface area contributed by atoms with E-state index in [-0.39, 0.29) is 6.04 Å². The smallest absolute Gasteiger partial charge is 0.130 e. The molecule has 0 spiro atoms. The Hall–Kier alpha value is -1.75. The van der Waals surface area contributed by atoms with Gasteiger partial charge in [-0.15, -0.1) is 0 Å². The van der Waals surface area contributed by atoms with Crippen LogP contribution in [0.1, 0.15) is 30.0 Å². The van der Waals surface area contributed by atoms with Crippen LogP contribution in [0, 0.1) is 18.6 Å². The largest absolute Gasteiger partial charge is 0.345 e. The maximum Gasteiger partial charge on any atom is 0.130 e. The van der Waals surface area contributed by atoms with Crippen LogP contribution in [-0.4, -0.2) is 9.97 Å². The molecule has 2 rings (SSSR count). The summed E-state index contributed by atoms with van der Waals surface area (Å²) in [5.41, 5.74) is 1.38. The third-order valence-electron chi connectivity index (χ3n) is 2.78. The van der Waals surface area contributed by atoms with Crippen LogP contribution in [0.5, 0.6) is 0 Å². The van der Waals surface area contributed by atoms with Crippen molar-refractivity contribution in [3.05, 3.63) is 53.1 Å². The van der Waals surface area contributed by atoms with Gasteiger partial charge in [-0.05, 0) is 19.9 Å². The first-order valence-electron chi connectivity index (χ1n) is 5.75. The van der Waals surface area contributed by atoms with Gasteiger partial charge in [-0.1, -0.05) is 6.07 Å². The normalized spacial score (nSPS) is 12.7. The maximum atomic E-state index is 13.5. The molecule has 1 heterocycles. The number of nitrogens with zero attached hydrogens (tertiary/aromatic N) is 1. The van der Waals surface area contributed by atoms with Crippen molar-refractivity contribution in [2.24, 2.45) is 0 Å². The molecule has 0 saturated carbocycles. The SMILES string of the molecule is Cc1ncc(CNC(C)c2ccc(F)cc2F)[nH]1. The Balaban J connectivity index is 2.01. The minimum Gasteiger partial charge on any atom is -0.345 e. The topological polar surface area (TPSA) is 40.7 Å². The number of nitrogens with one attached hydrogen (secondary N) is 2. The zero-order chi connectivity index (χ0) is 13.1. The van der Waals surface area contributed by atoms with Gasteiger partial charge < -0.3 is 10.3 Å². The van der Waals surface area contributed by atoms with E-state index in [2.05, 4.69) is 15.3 Å². The summed E-state index contributed by atoms with van der Waals surface area (Å²) < 4.78 is 26.3. The van der Waals surface area contributed by atoms with Gasteiger partial charge in [0.05, 0.1) is 0 Å². The third kappa shape index (κ3) is 2.92. The molecule has 0 aliphatic carbocycles. The number of halogens is 2. The van der Waals surface area contributed by atoms with E-state index in [4.69, 9.17) is 0 Å². The highest BCUT2D eigenvalue weighted by Crippen LogP contribution is 2.17. The summed E-state index contributed by atoms with van der Waals surface area (Å²) in [7, 11) is 0. The second-order valence-corrected chi connectivity index (χ2v) is 4.26. The number of hydrogen-bond acceptors (Lipinski definition) is 2. The summed E-state index contributed by atoms with van der Waals surface area (Å²) in [6, 6.07) is 3.42. The molecule has 0 aliphatic rings. The molecule has 1 unspecified atom stereocenters. The lowest BCUT2D eigenvalue weighted by molar-refractivity contribution is 0.515. The van der Waals surface area contributed by atoms with Crippen molar-refractivity contribution in [3.8, 4) is 0 Å². The first kappa shape index (κ1) is 12.7. The number of benzene rings is 1. The van der Waals surface area contributed by atoms with Crippen molar-refractivity contribution in [1.82, 2.24) is 15.3 Å². The Labute approximate surface area is 104 Å². The van der Waals surface area contributed by atoms with Gasteiger partial charge >= 0.3 is 0 Å². The number of hydrogen-bond donors (Lipinski definition) is 2. The van der Waals surface area contributed by atoms with Gasteiger partial charge in [-0.2, -0.15) is 0 Å². The summed E-state index contributed by atoms with van der Waals surface area (Å²) in [6.45, 7) is 4.25. The molecule has 18 heavy (non-hydrogen) atoms. The molecule has 1 aromatic heterocycles. The second kappa shape index (κ2) is 5.27. The average Bonchev–Trinajstić information content (AvgIpc) is 2.72. The van der Waals surface area contributed by atoms with E-state index < -0.39 is 11.6 Å². The number of H-pyrrole nitrogens is 1. The Kier molecular flexibility index (Phi) is 3.72. The van der Waals surface area contributed by atoms with Gasteiger partial charge in [0.15, 0.2) is 0 Å². The molecule has 0 fully saturated rings. The fourth-order valence-corrected chi connectivity index (χ4v) is 1.79. The Morgan fingerprint density at radius 2 is 2.17 bits per heavy atom. The van der Waals surface area contributed by atoms with Crippen molar-refractivity contribution in [3.63, 3.8) is 0 Å². The molecule has 1 aromatic carbocycles. The van der Waals surface area contributed by atoms with Crippen molar-refractivity contribution in [1.29, 1.82) is 0 Å².